The average molecular weight is 248 g/mol. The quantitative estimate of drug-likeness (QED) is 0.666. The van der Waals surface area contributed by atoms with Crippen molar-refractivity contribution in [1.82, 2.24) is 4.98 Å². The molecule has 0 fully saturated rings. The molecule has 0 aliphatic rings. The van der Waals surface area contributed by atoms with Gasteiger partial charge in [-0.15, -0.1) is 0 Å². The fraction of sp³-hybridized carbons (Fsp3) is 0. The van der Waals surface area contributed by atoms with E-state index in [1.807, 2.05) is 0 Å². The molecule has 0 amide bonds. The molecule has 0 atom stereocenters. The number of benzene rings is 2. The predicted octanol–water partition coefficient (Wildman–Crippen LogP) is 2.03. The van der Waals surface area contributed by atoms with Crippen LogP contribution in [0.5, 0.6) is 0 Å². The molecule has 85 valence electrons. The van der Waals surface area contributed by atoms with Gasteiger partial charge in [0.1, 0.15) is 5.52 Å². The van der Waals surface area contributed by atoms with Crippen molar-refractivity contribution in [3.8, 4) is 0 Å². The van der Waals surface area contributed by atoms with E-state index in [0.717, 1.165) is 5.39 Å². The molecule has 0 aliphatic heterocycles. The lowest BCUT2D eigenvalue weighted by Crippen LogP contribution is -1.97. The van der Waals surface area contributed by atoms with Crippen molar-refractivity contribution in [2.75, 3.05) is 0 Å². The SMILES string of the molecule is O=S(=O)(O)c1ccc2cc3n[c]oc3cc2c1. The molecular weight excluding hydrogens is 242 g/mol. The summed E-state index contributed by atoms with van der Waals surface area (Å²) in [5.41, 5.74) is 1.17. The van der Waals surface area contributed by atoms with Crippen molar-refractivity contribution >= 4 is 32.0 Å². The van der Waals surface area contributed by atoms with Crippen molar-refractivity contribution < 1.29 is 17.4 Å². The summed E-state index contributed by atoms with van der Waals surface area (Å²) in [6.07, 6.45) is 2.36. The molecule has 2 aromatic carbocycles. The second-order valence-electron chi connectivity index (χ2n) is 3.61. The van der Waals surface area contributed by atoms with Crippen LogP contribution in [-0.4, -0.2) is 18.0 Å². The van der Waals surface area contributed by atoms with E-state index in [1.165, 1.54) is 12.1 Å². The Morgan fingerprint density at radius 3 is 2.76 bits per heavy atom. The van der Waals surface area contributed by atoms with Gasteiger partial charge in [-0.2, -0.15) is 8.42 Å². The molecule has 3 aromatic rings. The maximum Gasteiger partial charge on any atom is 0.294 e. The summed E-state index contributed by atoms with van der Waals surface area (Å²) in [6.45, 7) is 0. The van der Waals surface area contributed by atoms with Crippen molar-refractivity contribution in [1.29, 1.82) is 0 Å². The molecule has 17 heavy (non-hydrogen) atoms. The maximum atomic E-state index is 11.0. The number of aromatic nitrogens is 1. The third-order valence-corrected chi connectivity index (χ3v) is 3.36. The smallest absolute Gasteiger partial charge is 0.294 e. The van der Waals surface area contributed by atoms with E-state index in [9.17, 15) is 8.42 Å². The minimum atomic E-state index is -4.19. The van der Waals surface area contributed by atoms with Crippen LogP contribution in [0.3, 0.4) is 0 Å². The van der Waals surface area contributed by atoms with Gasteiger partial charge >= 0.3 is 0 Å². The second-order valence-corrected chi connectivity index (χ2v) is 5.03. The van der Waals surface area contributed by atoms with E-state index < -0.39 is 10.1 Å². The average Bonchev–Trinajstić information content (AvgIpc) is 2.70. The van der Waals surface area contributed by atoms with Gasteiger partial charge < -0.3 is 4.42 Å². The van der Waals surface area contributed by atoms with Crippen molar-refractivity contribution in [3.63, 3.8) is 0 Å². The summed E-state index contributed by atoms with van der Waals surface area (Å²) in [5, 5.41) is 1.46. The van der Waals surface area contributed by atoms with Crippen molar-refractivity contribution in [2.24, 2.45) is 0 Å². The highest BCUT2D eigenvalue weighted by Crippen LogP contribution is 2.24. The zero-order valence-corrected chi connectivity index (χ0v) is 9.23. The van der Waals surface area contributed by atoms with Gasteiger partial charge in [-0.3, -0.25) is 4.55 Å². The van der Waals surface area contributed by atoms with Gasteiger partial charge in [0, 0.05) is 0 Å². The molecule has 3 rings (SSSR count). The van der Waals surface area contributed by atoms with Crippen LogP contribution in [0.2, 0.25) is 0 Å². The second kappa shape index (κ2) is 3.28. The Bertz CT molecular complexity index is 820. The third-order valence-electron chi connectivity index (χ3n) is 2.51. The molecule has 1 N–H and O–H groups in total. The molecule has 0 aliphatic carbocycles. The summed E-state index contributed by atoms with van der Waals surface area (Å²) in [4.78, 5) is 3.74. The van der Waals surface area contributed by atoms with E-state index in [0.29, 0.717) is 16.5 Å². The molecule has 1 radical (unpaired) electrons. The van der Waals surface area contributed by atoms with Crippen LogP contribution in [0.15, 0.2) is 39.6 Å². The number of fused-ring (bicyclic) bond motifs is 2. The molecule has 0 saturated heterocycles. The largest absolute Gasteiger partial charge is 0.432 e. The molecule has 0 unspecified atom stereocenters. The fourth-order valence-corrected chi connectivity index (χ4v) is 2.21. The summed E-state index contributed by atoms with van der Waals surface area (Å²) >= 11 is 0. The maximum absolute atomic E-state index is 11.0. The standard InChI is InChI=1S/C11H6NO4S/c13-17(14,15)9-2-1-7-4-10-11(16-6-12-10)5-8(7)3-9/h1-5H,(H,13,14,15). The molecule has 1 heterocycles. The minimum absolute atomic E-state index is 0.146. The van der Waals surface area contributed by atoms with Gasteiger partial charge in [0.15, 0.2) is 5.58 Å². The Hall–Kier alpha value is -1.92. The van der Waals surface area contributed by atoms with Gasteiger partial charge in [0.2, 0.25) is 0 Å². The van der Waals surface area contributed by atoms with E-state index >= 15 is 0 Å². The molecule has 0 bridgehead atoms. The van der Waals surface area contributed by atoms with E-state index in [-0.39, 0.29) is 4.90 Å². The Morgan fingerprint density at radius 2 is 2.00 bits per heavy atom. The lowest BCUT2D eigenvalue weighted by atomic mass is 10.1. The third kappa shape index (κ3) is 1.67. The van der Waals surface area contributed by atoms with Gasteiger partial charge in [-0.25, -0.2) is 4.98 Å². The first-order valence-electron chi connectivity index (χ1n) is 4.72. The van der Waals surface area contributed by atoms with Gasteiger partial charge in [-0.05, 0) is 35.0 Å². The monoisotopic (exact) mass is 248 g/mol. The first-order valence-corrected chi connectivity index (χ1v) is 6.16. The van der Waals surface area contributed by atoms with Gasteiger partial charge in [0.25, 0.3) is 16.5 Å². The van der Waals surface area contributed by atoms with Crippen LogP contribution in [0, 0.1) is 6.39 Å². The highest BCUT2D eigenvalue weighted by Gasteiger charge is 2.10. The number of hydrogen-bond acceptors (Lipinski definition) is 4. The summed E-state index contributed by atoms with van der Waals surface area (Å²) in [7, 11) is -4.19. The van der Waals surface area contributed by atoms with E-state index in [4.69, 9.17) is 8.97 Å². The van der Waals surface area contributed by atoms with E-state index in [2.05, 4.69) is 11.4 Å². The number of oxazole rings is 1. The van der Waals surface area contributed by atoms with Crippen LogP contribution < -0.4 is 0 Å². The summed E-state index contributed by atoms with van der Waals surface area (Å²) in [5.74, 6) is 0. The van der Waals surface area contributed by atoms with E-state index in [1.54, 1.807) is 18.2 Å². The van der Waals surface area contributed by atoms with Gasteiger partial charge in [0.05, 0.1) is 4.90 Å². The number of nitrogens with zero attached hydrogens (tertiary/aromatic N) is 1. The molecule has 6 heteroatoms. The van der Waals surface area contributed by atoms with Crippen LogP contribution in [-0.2, 0) is 10.1 Å². The Labute approximate surface area is 96.4 Å². The first-order chi connectivity index (χ1) is 8.04. The summed E-state index contributed by atoms with van der Waals surface area (Å²) in [6, 6.07) is 7.74. The molecular formula is C11H6NO4S. The topological polar surface area (TPSA) is 80.4 Å². The molecule has 0 saturated carbocycles. The zero-order chi connectivity index (χ0) is 12.0. The Kier molecular flexibility index (Phi) is 1.98. The molecule has 0 spiro atoms. The molecule has 5 nitrogen and oxygen atoms in total. The number of rotatable bonds is 1. The molecule has 1 aromatic heterocycles. The number of hydrogen-bond donors (Lipinski definition) is 1. The minimum Gasteiger partial charge on any atom is -0.432 e. The highest BCUT2D eigenvalue weighted by molar-refractivity contribution is 7.85. The lowest BCUT2D eigenvalue weighted by Gasteiger charge is -2.00. The fourth-order valence-electron chi connectivity index (χ4n) is 1.69. The first kappa shape index (κ1) is 10.2. The van der Waals surface area contributed by atoms with Gasteiger partial charge in [-0.1, -0.05) is 6.07 Å². The lowest BCUT2D eigenvalue weighted by molar-refractivity contribution is 0.483. The summed E-state index contributed by atoms with van der Waals surface area (Å²) < 4.78 is 36.0. The Balaban J connectivity index is 2.38. The van der Waals surface area contributed by atoms with Crippen LogP contribution in [0.1, 0.15) is 0 Å². The van der Waals surface area contributed by atoms with Crippen LogP contribution in [0.25, 0.3) is 21.9 Å². The van der Waals surface area contributed by atoms with Crippen LogP contribution in [0.4, 0.5) is 0 Å². The normalized spacial score (nSPS) is 12.3. The van der Waals surface area contributed by atoms with Crippen LogP contribution >= 0.6 is 0 Å². The predicted molar refractivity (Wildman–Crippen MR) is 60.2 cm³/mol. The Morgan fingerprint density at radius 1 is 1.18 bits per heavy atom. The zero-order valence-electron chi connectivity index (χ0n) is 8.41. The van der Waals surface area contributed by atoms with Crippen molar-refractivity contribution in [3.05, 3.63) is 36.7 Å². The highest BCUT2D eigenvalue weighted by atomic mass is 32.2. The van der Waals surface area contributed by atoms with Crippen molar-refractivity contribution in [2.45, 2.75) is 4.90 Å².